The van der Waals surface area contributed by atoms with E-state index in [4.69, 9.17) is 5.73 Å². The van der Waals surface area contributed by atoms with Gasteiger partial charge in [-0.15, -0.1) is 0 Å². The highest BCUT2D eigenvalue weighted by Gasteiger charge is 2.23. The van der Waals surface area contributed by atoms with E-state index in [1.165, 1.54) is 12.6 Å². The molecule has 1 aromatic heterocycles. The fourth-order valence-electron chi connectivity index (χ4n) is 2.97. The molecule has 0 spiro atoms. The number of primary amides is 1. The molecule has 1 aromatic rings. The van der Waals surface area contributed by atoms with Crippen molar-refractivity contribution in [2.24, 2.45) is 5.73 Å². The zero-order chi connectivity index (χ0) is 15.5. The average Bonchev–Trinajstić information content (AvgIpc) is 2.43. The van der Waals surface area contributed by atoms with Gasteiger partial charge in [-0.25, -0.2) is 4.98 Å². The van der Waals surface area contributed by atoms with Crippen LogP contribution in [-0.4, -0.2) is 39.2 Å². The van der Waals surface area contributed by atoms with Crippen LogP contribution < -0.4 is 16.4 Å². The Hall–Kier alpha value is -1.89. The van der Waals surface area contributed by atoms with Crippen molar-refractivity contribution in [1.82, 2.24) is 9.97 Å². The molecule has 5 N–H and O–H groups in total. The molecule has 7 heteroatoms. The van der Waals surface area contributed by atoms with E-state index in [1.54, 1.807) is 0 Å². The molecule has 2 atom stereocenters. The molecule has 2 aliphatic carbocycles. The number of amides is 1. The van der Waals surface area contributed by atoms with E-state index in [2.05, 4.69) is 20.6 Å². The summed E-state index contributed by atoms with van der Waals surface area (Å²) >= 11 is 0. The lowest BCUT2D eigenvalue weighted by molar-refractivity contribution is 0.100. The summed E-state index contributed by atoms with van der Waals surface area (Å²) in [6.45, 7) is 0. The first-order chi connectivity index (χ1) is 10.6. The SMILES string of the molecule is NC(=O)c1cnc(NC2CCC2)nc1N[C@@H]1CCC[C@H](O)C1. The lowest BCUT2D eigenvalue weighted by Gasteiger charge is -2.28. The number of nitrogens with zero attached hydrogens (tertiary/aromatic N) is 2. The second-order valence-electron chi connectivity index (χ2n) is 6.25. The van der Waals surface area contributed by atoms with Gasteiger partial charge in [-0.05, 0) is 44.9 Å². The molecule has 7 nitrogen and oxygen atoms in total. The smallest absolute Gasteiger partial charge is 0.254 e. The molecule has 3 rings (SSSR count). The second kappa shape index (κ2) is 6.48. The Labute approximate surface area is 129 Å². The first-order valence-corrected chi connectivity index (χ1v) is 8.00. The van der Waals surface area contributed by atoms with Crippen LogP contribution in [0.1, 0.15) is 55.3 Å². The third kappa shape index (κ3) is 3.47. The Morgan fingerprint density at radius 3 is 2.55 bits per heavy atom. The molecular weight excluding hydrogens is 282 g/mol. The maximum Gasteiger partial charge on any atom is 0.254 e. The van der Waals surface area contributed by atoms with Gasteiger partial charge in [-0.3, -0.25) is 4.79 Å². The minimum absolute atomic E-state index is 0.105. The summed E-state index contributed by atoms with van der Waals surface area (Å²) in [5.74, 6) is 0.436. The highest BCUT2D eigenvalue weighted by atomic mass is 16.3. The molecular formula is C15H23N5O2. The molecule has 1 amide bonds. The van der Waals surface area contributed by atoms with Crippen LogP contribution in [0.25, 0.3) is 0 Å². The van der Waals surface area contributed by atoms with Crippen LogP contribution in [0, 0.1) is 0 Å². The molecule has 0 unspecified atom stereocenters. The van der Waals surface area contributed by atoms with Gasteiger partial charge in [-0.1, -0.05) is 0 Å². The molecule has 2 saturated carbocycles. The minimum Gasteiger partial charge on any atom is -0.393 e. The maximum atomic E-state index is 11.6. The van der Waals surface area contributed by atoms with Crippen molar-refractivity contribution < 1.29 is 9.90 Å². The van der Waals surface area contributed by atoms with Crippen molar-refractivity contribution in [2.45, 2.75) is 63.1 Å². The standard InChI is InChI=1S/C15H23N5O2/c16-13(22)12-8-17-15(19-9-3-1-4-9)20-14(12)18-10-5-2-6-11(21)7-10/h8-11,21H,1-7H2,(H2,16,22)(H2,17,18,19,20)/t10-,11+/m1/s1. The van der Waals surface area contributed by atoms with Crippen LogP contribution in [0.2, 0.25) is 0 Å². The van der Waals surface area contributed by atoms with Gasteiger partial charge >= 0.3 is 0 Å². The van der Waals surface area contributed by atoms with Crippen molar-refractivity contribution >= 4 is 17.7 Å². The van der Waals surface area contributed by atoms with E-state index in [0.717, 1.165) is 32.1 Å². The highest BCUT2D eigenvalue weighted by molar-refractivity contribution is 5.97. The fourth-order valence-corrected chi connectivity index (χ4v) is 2.97. The number of aliphatic hydroxyl groups excluding tert-OH is 1. The molecule has 22 heavy (non-hydrogen) atoms. The van der Waals surface area contributed by atoms with Crippen LogP contribution in [0.5, 0.6) is 0 Å². The van der Waals surface area contributed by atoms with Crippen molar-refractivity contribution in [2.75, 3.05) is 10.6 Å². The van der Waals surface area contributed by atoms with Gasteiger partial charge < -0.3 is 21.5 Å². The molecule has 0 bridgehead atoms. The van der Waals surface area contributed by atoms with Crippen molar-refractivity contribution in [3.8, 4) is 0 Å². The Balaban J connectivity index is 1.75. The monoisotopic (exact) mass is 305 g/mol. The van der Waals surface area contributed by atoms with Gasteiger partial charge in [0.25, 0.3) is 5.91 Å². The molecule has 0 aromatic carbocycles. The van der Waals surface area contributed by atoms with Gasteiger partial charge in [-0.2, -0.15) is 4.98 Å². The van der Waals surface area contributed by atoms with Crippen molar-refractivity contribution in [1.29, 1.82) is 0 Å². The highest BCUT2D eigenvalue weighted by Crippen LogP contribution is 2.25. The number of nitrogens with one attached hydrogen (secondary N) is 2. The number of anilines is 2. The zero-order valence-electron chi connectivity index (χ0n) is 12.6. The molecule has 120 valence electrons. The average molecular weight is 305 g/mol. The predicted molar refractivity (Wildman–Crippen MR) is 83.7 cm³/mol. The normalized spacial score (nSPS) is 25.3. The lowest BCUT2D eigenvalue weighted by atomic mass is 9.93. The van der Waals surface area contributed by atoms with E-state index in [9.17, 15) is 9.90 Å². The van der Waals surface area contributed by atoms with Crippen LogP contribution in [-0.2, 0) is 0 Å². The van der Waals surface area contributed by atoms with Crippen LogP contribution in [0.3, 0.4) is 0 Å². The maximum absolute atomic E-state index is 11.6. The molecule has 0 aliphatic heterocycles. The summed E-state index contributed by atoms with van der Waals surface area (Å²) in [6, 6.07) is 0.525. The number of aliphatic hydroxyl groups is 1. The zero-order valence-corrected chi connectivity index (χ0v) is 12.6. The van der Waals surface area contributed by atoms with Crippen molar-refractivity contribution in [3.05, 3.63) is 11.8 Å². The lowest BCUT2D eigenvalue weighted by Crippen LogP contribution is -2.32. The van der Waals surface area contributed by atoms with Crippen LogP contribution >= 0.6 is 0 Å². The number of aromatic nitrogens is 2. The molecule has 2 aliphatic rings. The number of nitrogens with two attached hydrogens (primary N) is 1. The van der Waals surface area contributed by atoms with Crippen LogP contribution in [0.15, 0.2) is 6.20 Å². The molecule has 2 fully saturated rings. The van der Waals surface area contributed by atoms with Gasteiger partial charge in [0.05, 0.1) is 11.7 Å². The summed E-state index contributed by atoms with van der Waals surface area (Å²) in [5, 5.41) is 16.3. The van der Waals surface area contributed by atoms with E-state index < -0.39 is 5.91 Å². The predicted octanol–water partition coefficient (Wildman–Crippen LogP) is 1.26. The van der Waals surface area contributed by atoms with Crippen LogP contribution in [0.4, 0.5) is 11.8 Å². The van der Waals surface area contributed by atoms with E-state index in [1.807, 2.05) is 0 Å². The fraction of sp³-hybridized carbons (Fsp3) is 0.667. The first-order valence-electron chi connectivity index (χ1n) is 8.00. The number of carbonyl (C=O) groups is 1. The summed E-state index contributed by atoms with van der Waals surface area (Å²) in [6.07, 6.45) is 8.05. The Kier molecular flexibility index (Phi) is 4.42. The Bertz CT molecular complexity index is 547. The molecule has 0 radical (unpaired) electrons. The third-order valence-electron chi connectivity index (χ3n) is 4.48. The third-order valence-corrected chi connectivity index (χ3v) is 4.48. The van der Waals surface area contributed by atoms with Gasteiger partial charge in [0.15, 0.2) is 0 Å². The number of hydrogen-bond acceptors (Lipinski definition) is 6. The quantitative estimate of drug-likeness (QED) is 0.651. The van der Waals surface area contributed by atoms with E-state index in [-0.39, 0.29) is 12.1 Å². The van der Waals surface area contributed by atoms with Gasteiger partial charge in [0.1, 0.15) is 5.82 Å². The molecule has 0 saturated heterocycles. The summed E-state index contributed by atoms with van der Waals surface area (Å²) in [7, 11) is 0. The van der Waals surface area contributed by atoms with Gasteiger partial charge in [0.2, 0.25) is 5.95 Å². The summed E-state index contributed by atoms with van der Waals surface area (Å²) in [5.41, 5.74) is 5.70. The number of carbonyl (C=O) groups excluding carboxylic acids is 1. The summed E-state index contributed by atoms with van der Waals surface area (Å²) < 4.78 is 0. The van der Waals surface area contributed by atoms with Crippen molar-refractivity contribution in [3.63, 3.8) is 0 Å². The Morgan fingerprint density at radius 1 is 1.18 bits per heavy atom. The number of rotatable bonds is 5. The Morgan fingerprint density at radius 2 is 1.91 bits per heavy atom. The largest absolute Gasteiger partial charge is 0.393 e. The second-order valence-corrected chi connectivity index (χ2v) is 6.25. The van der Waals surface area contributed by atoms with E-state index in [0.29, 0.717) is 29.8 Å². The summed E-state index contributed by atoms with van der Waals surface area (Å²) in [4.78, 5) is 20.2. The number of hydrogen-bond donors (Lipinski definition) is 4. The molecule has 1 heterocycles. The van der Waals surface area contributed by atoms with E-state index >= 15 is 0 Å². The topological polar surface area (TPSA) is 113 Å². The van der Waals surface area contributed by atoms with Gasteiger partial charge in [0, 0.05) is 18.3 Å². The first kappa shape index (κ1) is 15.0. The minimum atomic E-state index is -0.547.